The highest BCUT2D eigenvalue weighted by atomic mass is 16.1. The summed E-state index contributed by atoms with van der Waals surface area (Å²) in [5, 5.41) is 3.29. The molecule has 2 heterocycles. The Kier molecular flexibility index (Phi) is 3.79. The maximum absolute atomic E-state index is 11.9. The number of nitrogens with zero attached hydrogens (tertiary/aromatic N) is 1. The lowest BCUT2D eigenvalue weighted by Gasteiger charge is -2.38. The van der Waals surface area contributed by atoms with Crippen molar-refractivity contribution in [2.45, 2.75) is 57.2 Å². The Bertz CT molecular complexity index is 473. The fraction of sp³-hybridized carbons (Fsp3) is 0.588. The van der Waals surface area contributed by atoms with Gasteiger partial charge in [-0.25, -0.2) is 0 Å². The molecule has 0 radical (unpaired) electrons. The summed E-state index contributed by atoms with van der Waals surface area (Å²) in [7, 11) is 0. The highest BCUT2D eigenvalue weighted by molar-refractivity contribution is 5.77. The Balaban J connectivity index is 1.75. The number of hydrogen-bond donors (Lipinski definition) is 1. The molecule has 1 amide bonds. The van der Waals surface area contributed by atoms with Crippen molar-refractivity contribution < 1.29 is 4.79 Å². The molecule has 108 valence electrons. The molecule has 0 spiro atoms. The Hall–Kier alpha value is -1.35. The van der Waals surface area contributed by atoms with E-state index in [-0.39, 0.29) is 11.4 Å². The number of nitrogens with one attached hydrogen (secondary N) is 1. The second-order valence-corrected chi connectivity index (χ2v) is 6.43. The summed E-state index contributed by atoms with van der Waals surface area (Å²) in [4.78, 5) is 14.5. The van der Waals surface area contributed by atoms with Crippen molar-refractivity contribution in [1.82, 2.24) is 10.2 Å². The van der Waals surface area contributed by atoms with Crippen molar-refractivity contribution in [3.63, 3.8) is 0 Å². The molecule has 20 heavy (non-hydrogen) atoms. The smallest absolute Gasteiger partial charge is 0.220 e. The fourth-order valence-corrected chi connectivity index (χ4v) is 3.76. The van der Waals surface area contributed by atoms with E-state index in [0.717, 1.165) is 25.9 Å². The van der Waals surface area contributed by atoms with Crippen LogP contribution in [0.5, 0.6) is 0 Å². The number of hydrogen-bond acceptors (Lipinski definition) is 2. The molecule has 0 aliphatic carbocycles. The van der Waals surface area contributed by atoms with Crippen LogP contribution in [-0.4, -0.2) is 28.9 Å². The Morgan fingerprint density at radius 2 is 2.10 bits per heavy atom. The van der Waals surface area contributed by atoms with Crippen LogP contribution in [0, 0.1) is 0 Å². The van der Waals surface area contributed by atoms with Crippen molar-refractivity contribution in [1.29, 1.82) is 0 Å². The number of amides is 1. The minimum atomic E-state index is -0.0354. The lowest BCUT2D eigenvalue weighted by atomic mass is 9.86. The molecule has 2 saturated heterocycles. The van der Waals surface area contributed by atoms with Gasteiger partial charge in [-0.05, 0) is 31.7 Å². The van der Waals surface area contributed by atoms with E-state index in [1.807, 2.05) is 0 Å². The summed E-state index contributed by atoms with van der Waals surface area (Å²) in [6, 6.07) is 11.1. The third kappa shape index (κ3) is 2.73. The normalized spacial score (nSPS) is 31.2. The third-order valence-corrected chi connectivity index (χ3v) is 4.88. The van der Waals surface area contributed by atoms with Crippen LogP contribution < -0.4 is 5.32 Å². The molecule has 0 bridgehead atoms. The van der Waals surface area contributed by atoms with Gasteiger partial charge in [0, 0.05) is 25.6 Å². The molecule has 2 unspecified atom stereocenters. The third-order valence-electron chi connectivity index (χ3n) is 4.88. The second kappa shape index (κ2) is 5.57. The number of carbonyl (C=O) groups excluding carboxylic acids is 1. The van der Waals surface area contributed by atoms with Crippen LogP contribution in [0.1, 0.15) is 44.6 Å². The Labute approximate surface area is 121 Å². The van der Waals surface area contributed by atoms with E-state index in [1.54, 1.807) is 0 Å². The standard InChI is InChI=1S/C17H24N2O/c1-17-11-12-19(13-14-7-3-2-4-8-14)15(17)9-5-6-10-16(20)18-17/h2-4,7-8,15H,5-6,9-13H2,1H3,(H,18,20). The fourth-order valence-electron chi connectivity index (χ4n) is 3.76. The minimum Gasteiger partial charge on any atom is -0.349 e. The highest BCUT2D eigenvalue weighted by Crippen LogP contribution is 2.34. The first kappa shape index (κ1) is 13.6. The van der Waals surface area contributed by atoms with Gasteiger partial charge < -0.3 is 5.32 Å². The Morgan fingerprint density at radius 1 is 1.30 bits per heavy atom. The first-order valence-electron chi connectivity index (χ1n) is 7.76. The van der Waals surface area contributed by atoms with E-state index >= 15 is 0 Å². The maximum atomic E-state index is 11.9. The molecule has 2 aliphatic heterocycles. The topological polar surface area (TPSA) is 32.3 Å². The molecule has 0 saturated carbocycles. The van der Waals surface area contributed by atoms with E-state index in [2.05, 4.69) is 47.5 Å². The lowest BCUT2D eigenvalue weighted by Crippen LogP contribution is -2.55. The summed E-state index contributed by atoms with van der Waals surface area (Å²) in [5.41, 5.74) is 1.33. The number of benzene rings is 1. The van der Waals surface area contributed by atoms with Gasteiger partial charge in [0.1, 0.15) is 0 Å². The summed E-state index contributed by atoms with van der Waals surface area (Å²) in [6.07, 6.45) is 5.15. The predicted molar refractivity (Wildman–Crippen MR) is 80.3 cm³/mol. The first-order valence-corrected chi connectivity index (χ1v) is 7.76. The summed E-state index contributed by atoms with van der Waals surface area (Å²) in [5.74, 6) is 0.235. The molecule has 1 N–H and O–H groups in total. The van der Waals surface area contributed by atoms with Gasteiger partial charge in [-0.15, -0.1) is 0 Å². The monoisotopic (exact) mass is 272 g/mol. The maximum Gasteiger partial charge on any atom is 0.220 e. The van der Waals surface area contributed by atoms with Crippen molar-refractivity contribution in [2.75, 3.05) is 6.54 Å². The van der Waals surface area contributed by atoms with Gasteiger partial charge >= 0.3 is 0 Å². The average molecular weight is 272 g/mol. The van der Waals surface area contributed by atoms with Crippen LogP contribution >= 0.6 is 0 Å². The van der Waals surface area contributed by atoms with Crippen molar-refractivity contribution in [3.05, 3.63) is 35.9 Å². The van der Waals surface area contributed by atoms with Crippen LogP contribution in [0.4, 0.5) is 0 Å². The van der Waals surface area contributed by atoms with E-state index in [1.165, 1.54) is 18.4 Å². The van der Waals surface area contributed by atoms with Crippen LogP contribution in [0.15, 0.2) is 30.3 Å². The van der Waals surface area contributed by atoms with Gasteiger partial charge in [0.15, 0.2) is 0 Å². The van der Waals surface area contributed by atoms with E-state index < -0.39 is 0 Å². The van der Waals surface area contributed by atoms with Crippen LogP contribution in [0.25, 0.3) is 0 Å². The van der Waals surface area contributed by atoms with Crippen molar-refractivity contribution in [3.8, 4) is 0 Å². The molecular weight excluding hydrogens is 248 g/mol. The van der Waals surface area contributed by atoms with E-state index in [0.29, 0.717) is 12.5 Å². The number of rotatable bonds is 2. The molecular formula is C17H24N2O. The molecule has 2 aliphatic rings. The van der Waals surface area contributed by atoms with Gasteiger partial charge in [0.2, 0.25) is 5.91 Å². The molecule has 2 fully saturated rings. The summed E-state index contributed by atoms with van der Waals surface area (Å²) < 4.78 is 0. The average Bonchev–Trinajstić information content (AvgIpc) is 2.70. The summed E-state index contributed by atoms with van der Waals surface area (Å²) in [6.45, 7) is 4.30. The van der Waals surface area contributed by atoms with Crippen LogP contribution in [-0.2, 0) is 11.3 Å². The quantitative estimate of drug-likeness (QED) is 0.898. The van der Waals surface area contributed by atoms with E-state index in [4.69, 9.17) is 0 Å². The zero-order valence-corrected chi connectivity index (χ0v) is 12.3. The minimum absolute atomic E-state index is 0.0354. The van der Waals surface area contributed by atoms with Gasteiger partial charge in [0.05, 0.1) is 5.54 Å². The highest BCUT2D eigenvalue weighted by Gasteiger charge is 2.44. The van der Waals surface area contributed by atoms with Gasteiger partial charge in [-0.2, -0.15) is 0 Å². The van der Waals surface area contributed by atoms with Crippen LogP contribution in [0.2, 0.25) is 0 Å². The molecule has 3 heteroatoms. The zero-order chi connectivity index (χ0) is 14.0. The van der Waals surface area contributed by atoms with Gasteiger partial charge in [-0.1, -0.05) is 36.8 Å². The Morgan fingerprint density at radius 3 is 2.90 bits per heavy atom. The van der Waals surface area contributed by atoms with Crippen molar-refractivity contribution in [2.24, 2.45) is 0 Å². The summed E-state index contributed by atoms with van der Waals surface area (Å²) >= 11 is 0. The van der Waals surface area contributed by atoms with Crippen LogP contribution in [0.3, 0.4) is 0 Å². The first-order chi connectivity index (χ1) is 9.67. The van der Waals surface area contributed by atoms with Crippen molar-refractivity contribution >= 4 is 5.91 Å². The largest absolute Gasteiger partial charge is 0.349 e. The molecule has 1 aromatic rings. The second-order valence-electron chi connectivity index (χ2n) is 6.43. The number of likely N-dealkylation sites (tertiary alicyclic amines) is 1. The molecule has 3 rings (SSSR count). The zero-order valence-electron chi connectivity index (χ0n) is 12.3. The predicted octanol–water partition coefficient (Wildman–Crippen LogP) is 2.71. The molecule has 0 aromatic heterocycles. The lowest BCUT2D eigenvalue weighted by molar-refractivity contribution is -0.123. The molecule has 2 atom stereocenters. The van der Waals surface area contributed by atoms with Gasteiger partial charge in [-0.3, -0.25) is 9.69 Å². The molecule has 3 nitrogen and oxygen atoms in total. The van der Waals surface area contributed by atoms with Gasteiger partial charge in [0.25, 0.3) is 0 Å². The van der Waals surface area contributed by atoms with E-state index in [9.17, 15) is 4.79 Å². The number of fused-ring (bicyclic) bond motifs is 1. The molecule has 1 aromatic carbocycles. The number of carbonyl (C=O) groups is 1. The SMILES string of the molecule is CC12CCN(Cc3ccccc3)C1CCCCC(=O)N2.